The summed E-state index contributed by atoms with van der Waals surface area (Å²) in [6, 6.07) is 0. The Hall–Kier alpha value is -1.52. The first-order valence-corrected chi connectivity index (χ1v) is 6.26. The van der Waals surface area contributed by atoms with Gasteiger partial charge in [-0.15, -0.1) is 0 Å². The van der Waals surface area contributed by atoms with Crippen LogP contribution >= 0.6 is 0 Å². The number of nitrogens with zero attached hydrogens (tertiary/aromatic N) is 2. The first-order valence-electron chi connectivity index (χ1n) is 6.26. The van der Waals surface area contributed by atoms with E-state index in [0.29, 0.717) is 0 Å². The highest BCUT2D eigenvalue weighted by Crippen LogP contribution is 2.39. The van der Waals surface area contributed by atoms with Crippen LogP contribution in [0.15, 0.2) is 0 Å². The van der Waals surface area contributed by atoms with Crippen LogP contribution in [0.5, 0.6) is 0 Å². The molecule has 2 aliphatic rings. The van der Waals surface area contributed by atoms with Gasteiger partial charge < -0.3 is 10.6 Å². The lowest BCUT2D eigenvalue weighted by molar-refractivity contribution is -0.121. The van der Waals surface area contributed by atoms with E-state index in [1.54, 1.807) is 0 Å². The summed E-state index contributed by atoms with van der Waals surface area (Å²) in [4.78, 5) is 12.3. The fourth-order valence-corrected chi connectivity index (χ4v) is 2.98. The molecule has 5 nitrogen and oxygen atoms in total. The molecule has 2 heterocycles. The molecular formula is C12H18N4O. The SMILES string of the molecule is Cc1nn(C)c2c1NC(=O)C1(CCCCC1)N2. The largest absolute Gasteiger partial charge is 0.354 e. The molecule has 2 N–H and O–H groups in total. The zero-order chi connectivity index (χ0) is 12.0. The molecule has 1 saturated carbocycles. The van der Waals surface area contributed by atoms with Crippen molar-refractivity contribution < 1.29 is 4.79 Å². The number of anilines is 2. The third-order valence-electron chi connectivity index (χ3n) is 3.96. The molecule has 1 aromatic rings. The second-order valence-corrected chi connectivity index (χ2v) is 5.15. The molecule has 1 spiro atoms. The standard InChI is InChI=1S/C12H18N4O/c1-8-9-10(16(2)15-8)14-12(11(17)13-9)6-4-3-5-7-12/h14H,3-7H2,1-2H3,(H,13,17). The maximum absolute atomic E-state index is 12.3. The van der Waals surface area contributed by atoms with Crippen molar-refractivity contribution in [1.82, 2.24) is 9.78 Å². The van der Waals surface area contributed by atoms with Crippen LogP contribution in [0.3, 0.4) is 0 Å². The van der Waals surface area contributed by atoms with Crippen LogP contribution in [0.25, 0.3) is 0 Å². The number of carbonyl (C=O) groups is 1. The highest BCUT2D eigenvalue weighted by Gasteiger charge is 2.44. The zero-order valence-corrected chi connectivity index (χ0v) is 10.3. The molecular weight excluding hydrogens is 216 g/mol. The van der Waals surface area contributed by atoms with Gasteiger partial charge in [0.25, 0.3) is 0 Å². The number of aromatic nitrogens is 2. The van der Waals surface area contributed by atoms with Gasteiger partial charge in [-0.25, -0.2) is 0 Å². The lowest BCUT2D eigenvalue weighted by Gasteiger charge is -2.40. The maximum Gasteiger partial charge on any atom is 0.250 e. The molecule has 0 atom stereocenters. The van der Waals surface area contributed by atoms with Gasteiger partial charge in [0.15, 0.2) is 0 Å². The molecule has 17 heavy (non-hydrogen) atoms. The Bertz CT molecular complexity index is 471. The Morgan fingerprint density at radius 1 is 1.29 bits per heavy atom. The number of fused-ring (bicyclic) bond motifs is 1. The minimum atomic E-state index is -0.397. The second kappa shape index (κ2) is 3.48. The molecule has 0 unspecified atom stereocenters. The molecule has 92 valence electrons. The van der Waals surface area contributed by atoms with Crippen molar-refractivity contribution in [2.45, 2.75) is 44.6 Å². The predicted molar refractivity (Wildman–Crippen MR) is 66.0 cm³/mol. The Morgan fingerprint density at radius 2 is 2.00 bits per heavy atom. The first-order chi connectivity index (χ1) is 8.12. The lowest BCUT2D eigenvalue weighted by atomic mass is 9.80. The van der Waals surface area contributed by atoms with Crippen molar-refractivity contribution in [3.05, 3.63) is 5.69 Å². The highest BCUT2D eigenvalue weighted by atomic mass is 16.2. The summed E-state index contributed by atoms with van der Waals surface area (Å²) >= 11 is 0. The molecule has 0 bridgehead atoms. The van der Waals surface area contributed by atoms with Gasteiger partial charge in [0.05, 0.1) is 5.69 Å². The van der Waals surface area contributed by atoms with Crippen LogP contribution in [-0.4, -0.2) is 21.2 Å². The van der Waals surface area contributed by atoms with Gasteiger partial charge in [-0.1, -0.05) is 19.3 Å². The zero-order valence-electron chi connectivity index (χ0n) is 10.3. The van der Waals surface area contributed by atoms with E-state index >= 15 is 0 Å². The van der Waals surface area contributed by atoms with Crippen LogP contribution in [0.1, 0.15) is 37.8 Å². The topological polar surface area (TPSA) is 59.0 Å². The number of carbonyl (C=O) groups excluding carboxylic acids is 1. The summed E-state index contributed by atoms with van der Waals surface area (Å²) < 4.78 is 1.82. The van der Waals surface area contributed by atoms with Gasteiger partial charge >= 0.3 is 0 Å². The Morgan fingerprint density at radius 3 is 2.71 bits per heavy atom. The van der Waals surface area contributed by atoms with E-state index in [0.717, 1.165) is 42.9 Å². The minimum Gasteiger partial charge on any atom is -0.354 e. The Kier molecular flexibility index (Phi) is 2.18. The van der Waals surface area contributed by atoms with Crippen LogP contribution in [-0.2, 0) is 11.8 Å². The molecule has 0 saturated heterocycles. The van der Waals surface area contributed by atoms with Gasteiger partial charge in [0.1, 0.15) is 17.0 Å². The summed E-state index contributed by atoms with van der Waals surface area (Å²) in [5.41, 5.74) is 1.31. The van der Waals surface area contributed by atoms with E-state index in [-0.39, 0.29) is 5.91 Å². The summed E-state index contributed by atoms with van der Waals surface area (Å²) in [5, 5.41) is 10.8. The molecule has 0 radical (unpaired) electrons. The molecule has 5 heteroatoms. The predicted octanol–water partition coefficient (Wildman–Crippen LogP) is 1.80. The Balaban J connectivity index is 2.02. The van der Waals surface area contributed by atoms with E-state index < -0.39 is 5.54 Å². The van der Waals surface area contributed by atoms with Crippen LogP contribution in [0.4, 0.5) is 11.5 Å². The fourth-order valence-electron chi connectivity index (χ4n) is 2.98. The number of aryl methyl sites for hydroxylation is 2. The number of amides is 1. The average Bonchev–Trinajstić information content (AvgIpc) is 2.57. The number of nitrogens with one attached hydrogen (secondary N) is 2. The van der Waals surface area contributed by atoms with E-state index in [1.165, 1.54) is 6.42 Å². The maximum atomic E-state index is 12.3. The smallest absolute Gasteiger partial charge is 0.250 e. The van der Waals surface area contributed by atoms with Gasteiger partial charge in [0, 0.05) is 7.05 Å². The Labute approximate surface area is 101 Å². The quantitative estimate of drug-likeness (QED) is 0.719. The van der Waals surface area contributed by atoms with Crippen molar-refractivity contribution in [3.63, 3.8) is 0 Å². The van der Waals surface area contributed by atoms with Crippen molar-refractivity contribution in [1.29, 1.82) is 0 Å². The van der Waals surface area contributed by atoms with Crippen molar-refractivity contribution in [2.75, 3.05) is 10.6 Å². The monoisotopic (exact) mass is 234 g/mol. The molecule has 3 rings (SSSR count). The minimum absolute atomic E-state index is 0.112. The van der Waals surface area contributed by atoms with Gasteiger partial charge in [-0.2, -0.15) is 5.10 Å². The molecule has 0 aromatic carbocycles. The number of hydrogen-bond donors (Lipinski definition) is 2. The van der Waals surface area contributed by atoms with Crippen molar-refractivity contribution >= 4 is 17.4 Å². The van der Waals surface area contributed by atoms with Crippen LogP contribution in [0.2, 0.25) is 0 Å². The first kappa shape index (κ1) is 10.6. The molecule has 1 aliphatic carbocycles. The third kappa shape index (κ3) is 1.45. The lowest BCUT2D eigenvalue weighted by Crippen LogP contribution is -2.53. The van der Waals surface area contributed by atoms with Crippen LogP contribution < -0.4 is 10.6 Å². The van der Waals surface area contributed by atoms with E-state index in [4.69, 9.17) is 0 Å². The molecule has 1 fully saturated rings. The molecule has 1 amide bonds. The number of rotatable bonds is 0. The van der Waals surface area contributed by atoms with Crippen molar-refractivity contribution in [3.8, 4) is 0 Å². The molecule has 1 aliphatic heterocycles. The summed E-state index contributed by atoms with van der Waals surface area (Å²) in [6.45, 7) is 1.92. The van der Waals surface area contributed by atoms with Gasteiger partial charge in [0.2, 0.25) is 5.91 Å². The molecule has 1 aromatic heterocycles. The highest BCUT2D eigenvalue weighted by molar-refractivity contribution is 6.06. The summed E-state index contributed by atoms with van der Waals surface area (Å²) in [5.74, 6) is 1.06. The summed E-state index contributed by atoms with van der Waals surface area (Å²) in [6.07, 6.45) is 5.30. The van der Waals surface area contributed by atoms with E-state index in [1.807, 2.05) is 18.7 Å². The van der Waals surface area contributed by atoms with Gasteiger partial charge in [-0.05, 0) is 19.8 Å². The van der Waals surface area contributed by atoms with E-state index in [9.17, 15) is 4.79 Å². The third-order valence-corrected chi connectivity index (χ3v) is 3.96. The average molecular weight is 234 g/mol. The second-order valence-electron chi connectivity index (χ2n) is 5.15. The van der Waals surface area contributed by atoms with Crippen molar-refractivity contribution in [2.24, 2.45) is 7.05 Å². The van der Waals surface area contributed by atoms with Crippen LogP contribution in [0, 0.1) is 6.92 Å². The normalized spacial score (nSPS) is 21.9. The number of hydrogen-bond acceptors (Lipinski definition) is 3. The summed E-state index contributed by atoms with van der Waals surface area (Å²) in [7, 11) is 1.91. The fraction of sp³-hybridized carbons (Fsp3) is 0.667. The van der Waals surface area contributed by atoms with Gasteiger partial charge in [-0.3, -0.25) is 9.48 Å². The van der Waals surface area contributed by atoms with E-state index in [2.05, 4.69) is 15.7 Å².